The van der Waals surface area contributed by atoms with Crippen LogP contribution in [0.1, 0.15) is 18.2 Å². The van der Waals surface area contributed by atoms with E-state index in [0.717, 1.165) is 12.1 Å². The molecule has 126 valence electrons. The number of halogens is 3. The molecule has 0 radical (unpaired) electrons. The molecule has 0 spiro atoms. The van der Waals surface area contributed by atoms with Crippen LogP contribution in [0, 0.1) is 0 Å². The van der Waals surface area contributed by atoms with Crippen LogP contribution in [0.3, 0.4) is 0 Å². The largest absolute Gasteiger partial charge is 0.416 e. The highest BCUT2D eigenvalue weighted by Crippen LogP contribution is 2.44. The summed E-state index contributed by atoms with van der Waals surface area (Å²) in [5, 5.41) is 7.52. The van der Waals surface area contributed by atoms with Crippen LogP contribution in [0.4, 0.5) is 13.2 Å². The van der Waals surface area contributed by atoms with Gasteiger partial charge in [0.05, 0.1) is 24.1 Å². The maximum atomic E-state index is 12.7. The van der Waals surface area contributed by atoms with Crippen molar-refractivity contribution in [2.75, 3.05) is 13.3 Å². The van der Waals surface area contributed by atoms with Crippen molar-refractivity contribution in [2.24, 2.45) is 0 Å². The molecular weight excluding hydrogens is 334 g/mol. The number of aromatic nitrogens is 3. The zero-order valence-electron chi connectivity index (χ0n) is 12.4. The Labute approximate surface area is 130 Å². The smallest absolute Gasteiger partial charge is 0.309 e. The summed E-state index contributed by atoms with van der Waals surface area (Å²) < 4.78 is 61.2. The molecule has 1 aromatic heterocycles. The van der Waals surface area contributed by atoms with Gasteiger partial charge in [-0.2, -0.15) is 13.2 Å². The Hall–Kier alpha value is -1.70. The van der Waals surface area contributed by atoms with Gasteiger partial charge in [-0.3, -0.25) is 4.57 Å². The third-order valence-corrected chi connectivity index (χ3v) is 4.11. The average molecular weight is 349 g/mol. The molecule has 0 aliphatic rings. The first-order valence-corrected chi connectivity index (χ1v) is 8.66. The predicted octanol–water partition coefficient (Wildman–Crippen LogP) is 3.66. The quantitative estimate of drug-likeness (QED) is 0.745. The van der Waals surface area contributed by atoms with Crippen LogP contribution in [-0.4, -0.2) is 28.3 Å². The fourth-order valence-corrected chi connectivity index (χ4v) is 2.68. The Morgan fingerprint density at radius 1 is 1.30 bits per heavy atom. The van der Waals surface area contributed by atoms with E-state index in [1.807, 2.05) is 0 Å². The van der Waals surface area contributed by atoms with E-state index in [1.54, 1.807) is 6.92 Å². The Balaban J connectivity index is 2.12. The molecule has 1 atom stereocenters. The van der Waals surface area contributed by atoms with Gasteiger partial charge in [-0.15, -0.1) is 5.10 Å². The first kappa shape index (κ1) is 17.7. The molecule has 0 aliphatic heterocycles. The monoisotopic (exact) mass is 349 g/mol. The van der Waals surface area contributed by atoms with Crippen LogP contribution in [0.25, 0.3) is 5.69 Å². The lowest BCUT2D eigenvalue weighted by Crippen LogP contribution is -2.06. The molecule has 0 saturated heterocycles. The van der Waals surface area contributed by atoms with E-state index in [2.05, 4.69) is 10.3 Å². The van der Waals surface area contributed by atoms with Crippen molar-refractivity contribution in [3.63, 3.8) is 0 Å². The maximum absolute atomic E-state index is 12.7. The lowest BCUT2D eigenvalue weighted by molar-refractivity contribution is -0.137. The molecule has 23 heavy (non-hydrogen) atoms. The van der Waals surface area contributed by atoms with Crippen molar-refractivity contribution < 1.29 is 26.8 Å². The van der Waals surface area contributed by atoms with Gasteiger partial charge in [0.1, 0.15) is 12.3 Å². The minimum atomic E-state index is -4.44. The summed E-state index contributed by atoms with van der Waals surface area (Å²) in [5.74, 6) is 0. The number of hydrogen-bond donors (Lipinski definition) is 0. The molecule has 1 aromatic carbocycles. The van der Waals surface area contributed by atoms with Gasteiger partial charge in [-0.05, 0) is 25.1 Å². The van der Waals surface area contributed by atoms with E-state index in [4.69, 9.17) is 9.05 Å². The van der Waals surface area contributed by atoms with Crippen molar-refractivity contribution in [1.82, 2.24) is 15.0 Å². The Morgan fingerprint density at radius 2 is 2.04 bits per heavy atom. The molecule has 0 fully saturated rings. The Kier molecular flexibility index (Phi) is 5.23. The van der Waals surface area contributed by atoms with Crippen LogP contribution in [0.5, 0.6) is 0 Å². The molecule has 0 saturated carbocycles. The van der Waals surface area contributed by atoms with Crippen molar-refractivity contribution in [1.29, 1.82) is 0 Å². The average Bonchev–Trinajstić information content (AvgIpc) is 2.93. The van der Waals surface area contributed by atoms with Gasteiger partial charge in [0.25, 0.3) is 0 Å². The Morgan fingerprint density at radius 3 is 2.70 bits per heavy atom. The van der Waals surface area contributed by atoms with E-state index in [9.17, 15) is 17.7 Å². The summed E-state index contributed by atoms with van der Waals surface area (Å²) in [6.07, 6.45) is -3.03. The van der Waals surface area contributed by atoms with Gasteiger partial charge in [0.15, 0.2) is 0 Å². The highest BCUT2D eigenvalue weighted by Gasteiger charge is 2.30. The number of alkyl halides is 3. The first-order valence-electron chi connectivity index (χ1n) is 6.67. The fourth-order valence-electron chi connectivity index (χ4n) is 1.77. The number of nitrogens with zero attached hydrogens (tertiary/aromatic N) is 3. The third kappa shape index (κ3) is 4.89. The second-order valence-electron chi connectivity index (χ2n) is 4.67. The molecular formula is C13H15F3N3O3P. The normalized spacial score (nSPS) is 14.7. The second-order valence-corrected chi connectivity index (χ2v) is 6.72. The molecule has 0 N–H and O–H groups in total. The summed E-state index contributed by atoms with van der Waals surface area (Å²) in [5.41, 5.74) is -0.245. The highest BCUT2D eigenvalue weighted by atomic mass is 31.2. The predicted molar refractivity (Wildman–Crippen MR) is 76.3 cm³/mol. The molecule has 0 aliphatic carbocycles. The summed E-state index contributed by atoms with van der Waals surface area (Å²) in [7, 11) is -3.18. The molecule has 0 amide bonds. The number of rotatable bonds is 6. The first-order chi connectivity index (χ1) is 10.7. The minimum absolute atomic E-state index is 0.118. The number of benzene rings is 1. The topological polar surface area (TPSA) is 66.2 Å². The standard InChI is InChI=1S/C13H15F3N3O3P/c1-3-21-23(2,20)22-9-11-8-19(18-17-11)12-6-4-5-10(7-12)13(14,15)16/h4-8H,3,9H2,1-2H3. The van der Waals surface area contributed by atoms with Crippen LogP contribution in [0.2, 0.25) is 0 Å². The maximum Gasteiger partial charge on any atom is 0.416 e. The SMILES string of the molecule is CCOP(C)(=O)OCc1cn(-c2cccc(C(F)(F)F)c2)nn1. The molecule has 1 heterocycles. The van der Waals surface area contributed by atoms with Gasteiger partial charge < -0.3 is 9.05 Å². The third-order valence-electron chi connectivity index (χ3n) is 2.79. The minimum Gasteiger partial charge on any atom is -0.309 e. The molecule has 2 rings (SSSR count). The van der Waals surface area contributed by atoms with E-state index >= 15 is 0 Å². The van der Waals surface area contributed by atoms with E-state index in [0.29, 0.717) is 5.69 Å². The van der Waals surface area contributed by atoms with E-state index < -0.39 is 19.3 Å². The summed E-state index contributed by atoms with van der Waals surface area (Å²) in [6.45, 7) is 3.13. The van der Waals surface area contributed by atoms with Gasteiger partial charge in [-0.25, -0.2) is 4.68 Å². The van der Waals surface area contributed by atoms with E-state index in [1.165, 1.54) is 29.7 Å². The van der Waals surface area contributed by atoms with Gasteiger partial charge in [0.2, 0.25) is 0 Å². The van der Waals surface area contributed by atoms with Crippen LogP contribution >= 0.6 is 7.60 Å². The van der Waals surface area contributed by atoms with Crippen molar-refractivity contribution in [2.45, 2.75) is 19.7 Å². The van der Waals surface area contributed by atoms with Crippen LogP contribution in [-0.2, 0) is 26.4 Å². The van der Waals surface area contributed by atoms with Crippen molar-refractivity contribution >= 4 is 7.60 Å². The highest BCUT2D eigenvalue weighted by molar-refractivity contribution is 7.52. The van der Waals surface area contributed by atoms with Crippen molar-refractivity contribution in [3.05, 3.63) is 41.7 Å². The zero-order valence-corrected chi connectivity index (χ0v) is 13.3. The van der Waals surface area contributed by atoms with Gasteiger partial charge >= 0.3 is 13.8 Å². The molecule has 10 heteroatoms. The lowest BCUT2D eigenvalue weighted by atomic mass is 10.2. The molecule has 6 nitrogen and oxygen atoms in total. The molecule has 0 bridgehead atoms. The molecule has 2 aromatic rings. The van der Waals surface area contributed by atoms with Crippen LogP contribution in [0.15, 0.2) is 30.5 Å². The number of hydrogen-bond acceptors (Lipinski definition) is 5. The van der Waals surface area contributed by atoms with E-state index in [-0.39, 0.29) is 18.9 Å². The second kappa shape index (κ2) is 6.82. The summed E-state index contributed by atoms with van der Waals surface area (Å²) >= 11 is 0. The van der Waals surface area contributed by atoms with Crippen LogP contribution < -0.4 is 0 Å². The zero-order chi connectivity index (χ0) is 17.1. The Bertz CT molecular complexity index is 718. The fraction of sp³-hybridized carbons (Fsp3) is 0.385. The summed E-state index contributed by atoms with van der Waals surface area (Å²) in [4.78, 5) is 0. The van der Waals surface area contributed by atoms with Gasteiger partial charge in [0, 0.05) is 6.66 Å². The summed E-state index contributed by atoms with van der Waals surface area (Å²) in [6, 6.07) is 4.69. The van der Waals surface area contributed by atoms with Gasteiger partial charge in [-0.1, -0.05) is 11.3 Å². The molecule has 1 unspecified atom stereocenters. The van der Waals surface area contributed by atoms with Crippen molar-refractivity contribution in [3.8, 4) is 5.69 Å². The lowest BCUT2D eigenvalue weighted by Gasteiger charge is -2.11.